The van der Waals surface area contributed by atoms with E-state index >= 15 is 0 Å². The fourth-order valence-corrected chi connectivity index (χ4v) is 5.63. The Labute approximate surface area is 141 Å². The van der Waals surface area contributed by atoms with Gasteiger partial charge < -0.3 is 0 Å². The minimum atomic E-state index is -0.738. The van der Waals surface area contributed by atoms with E-state index in [0.717, 1.165) is 0 Å². The van der Waals surface area contributed by atoms with Crippen LogP contribution in [0, 0.1) is 0 Å². The third-order valence-electron chi connectivity index (χ3n) is 3.41. The Bertz CT molecular complexity index is 229. The Morgan fingerprint density at radius 3 is 0.591 bits per heavy atom. The first-order chi connectivity index (χ1) is 9.93. The van der Waals surface area contributed by atoms with Crippen LogP contribution in [0.4, 0.5) is 0 Å². The Morgan fingerprint density at radius 1 is 0.364 bits per heavy atom. The summed E-state index contributed by atoms with van der Waals surface area (Å²) in [6.07, 6.45) is 2.53. The van der Waals surface area contributed by atoms with Crippen LogP contribution in [0.3, 0.4) is 0 Å². The summed E-state index contributed by atoms with van der Waals surface area (Å²) in [6.45, 7) is 27.3. The predicted octanol–water partition coefficient (Wildman–Crippen LogP) is 6.32. The normalized spacial score (nSPS) is 13.9. The zero-order chi connectivity index (χ0) is 17.8. The average Bonchev–Trinajstić information content (AvgIpc) is 2.24. The van der Waals surface area contributed by atoms with Gasteiger partial charge in [0, 0.05) is 83.1 Å². The zero-order valence-electron chi connectivity index (χ0n) is 17.1. The highest BCUT2D eigenvalue weighted by atomic mass is 31.2. The summed E-state index contributed by atoms with van der Waals surface area (Å²) in [4.78, 5) is 0. The van der Waals surface area contributed by atoms with E-state index in [4.69, 9.17) is 0 Å². The van der Waals surface area contributed by atoms with Crippen LogP contribution in [0.15, 0.2) is 0 Å². The highest BCUT2D eigenvalue weighted by Crippen LogP contribution is 2.63. The number of hydrogen-bond donors (Lipinski definition) is 0. The summed E-state index contributed by atoms with van der Waals surface area (Å²) >= 11 is 0. The minimum Gasteiger partial charge on any atom is -0.278 e. The summed E-state index contributed by atoms with van der Waals surface area (Å²) < 4.78 is 11.0. The molecule has 0 aromatic rings. The van der Waals surface area contributed by atoms with Gasteiger partial charge in [0.25, 0.3) is 0 Å². The van der Waals surface area contributed by atoms with Gasteiger partial charge in [-0.25, -0.2) is 0 Å². The first-order valence-electron chi connectivity index (χ1n) is 8.89. The van der Waals surface area contributed by atoms with Gasteiger partial charge in [0.1, 0.15) is 0 Å². The summed E-state index contributed by atoms with van der Waals surface area (Å²) in [6, 6.07) is 0. The molecule has 22 heavy (non-hydrogen) atoms. The third-order valence-corrected chi connectivity index (χ3v) is 6.98. The second kappa shape index (κ2) is 9.57. The van der Waals surface area contributed by atoms with Gasteiger partial charge in [-0.1, -0.05) is 0 Å². The van der Waals surface area contributed by atoms with Crippen LogP contribution in [0.25, 0.3) is 0 Å². The lowest BCUT2D eigenvalue weighted by molar-refractivity contribution is -0.229. The maximum atomic E-state index is 3.65. The average molecular weight is 338 g/mol. The fraction of sp³-hybridized carbons (Fsp3) is 1.00. The Balaban J connectivity index is 6.03. The van der Waals surface area contributed by atoms with E-state index in [1.54, 1.807) is 0 Å². The van der Waals surface area contributed by atoms with Crippen molar-refractivity contribution < 1.29 is 12.5 Å². The van der Waals surface area contributed by atoms with Gasteiger partial charge >= 0.3 is 8.60 Å². The lowest BCUT2D eigenvalue weighted by Gasteiger charge is -2.37. The van der Waals surface area contributed by atoms with Crippen LogP contribution in [0.5, 0.6) is 0 Å². The quantitative estimate of drug-likeness (QED) is 0.343. The lowest BCUT2D eigenvalue weighted by atomic mass is 10.4. The van der Waals surface area contributed by atoms with Gasteiger partial charge in [0.05, 0.1) is 0 Å². The molecule has 0 radical (unpaired) electrons. The monoisotopic (exact) mass is 337 g/mol. The summed E-state index contributed by atoms with van der Waals surface area (Å²) in [7, 11) is -0.738. The molecule has 0 atom stereocenters. The third kappa shape index (κ3) is 5.74. The molecule has 134 valence electrons. The van der Waals surface area contributed by atoms with E-state index in [0.29, 0.717) is 36.6 Å². The van der Waals surface area contributed by atoms with E-state index in [-0.39, 0.29) is 0 Å². The number of rotatable bonds is 9. The van der Waals surface area contributed by atoms with Crippen LogP contribution in [0.2, 0.25) is 0 Å². The van der Waals surface area contributed by atoms with Crippen molar-refractivity contribution >= 4 is 8.60 Å². The molecule has 0 fully saturated rings. The smallest absolute Gasteiger partial charge is 0.278 e. The van der Waals surface area contributed by atoms with Crippen molar-refractivity contribution in [2.24, 2.45) is 0 Å². The van der Waals surface area contributed by atoms with E-state index in [1.807, 2.05) is 0 Å². The maximum absolute atomic E-state index is 3.65. The van der Waals surface area contributed by atoms with Crippen LogP contribution in [0.1, 0.15) is 83.1 Å². The summed E-state index contributed by atoms with van der Waals surface area (Å²) in [5.74, 6) is 0. The molecule has 0 amide bonds. The molecular formula is C18H42O3P+3. The van der Waals surface area contributed by atoms with Gasteiger partial charge in [0.15, 0.2) is 36.6 Å². The molecule has 0 saturated carbocycles. The lowest BCUT2D eigenvalue weighted by Crippen LogP contribution is -2.40. The van der Waals surface area contributed by atoms with Crippen molar-refractivity contribution in [3.05, 3.63) is 0 Å². The molecule has 0 heterocycles. The van der Waals surface area contributed by atoms with Crippen LogP contribution in [-0.4, -0.2) is 36.6 Å². The Morgan fingerprint density at radius 2 is 0.500 bits per heavy atom. The molecule has 0 aliphatic rings. The van der Waals surface area contributed by atoms with Gasteiger partial charge in [-0.05, 0) is 0 Å². The van der Waals surface area contributed by atoms with Crippen molar-refractivity contribution in [3.8, 4) is 0 Å². The molecule has 0 bridgehead atoms. The van der Waals surface area contributed by atoms with E-state index in [9.17, 15) is 0 Å². The molecule has 0 aromatic carbocycles. The Hall–Kier alpha value is 0.310. The van der Waals surface area contributed by atoms with E-state index in [2.05, 4.69) is 95.5 Å². The largest absolute Gasteiger partial charge is 0.922 e. The SMILES string of the molecule is CC(C)[O+](C(C)C)P([O+](C(C)C)C(C)C)[O+](C(C)C)C(C)C. The molecule has 3 nitrogen and oxygen atoms in total. The molecule has 0 unspecified atom stereocenters. The zero-order valence-corrected chi connectivity index (χ0v) is 18.0. The first-order valence-corrected chi connectivity index (χ1v) is 9.99. The van der Waals surface area contributed by atoms with Crippen molar-refractivity contribution in [2.45, 2.75) is 120 Å². The highest BCUT2D eigenvalue weighted by molar-refractivity contribution is 7.43. The van der Waals surface area contributed by atoms with Gasteiger partial charge in [0.2, 0.25) is 0 Å². The second-order valence-electron chi connectivity index (χ2n) is 7.56. The summed E-state index contributed by atoms with van der Waals surface area (Å²) in [5, 5.41) is 0. The van der Waals surface area contributed by atoms with Crippen molar-refractivity contribution in [1.82, 2.24) is 0 Å². The molecule has 0 spiro atoms. The number of hydrogen-bond acceptors (Lipinski definition) is 0. The standard InChI is InChI=1S/C18H42O3P/c1-13(2)19(14(3)4)22(20(15(5)6)16(7)8)21(17(9)10)18(11)12/h13-18H,1-12H3/q+3. The second-order valence-corrected chi connectivity index (χ2v) is 9.27. The van der Waals surface area contributed by atoms with Gasteiger partial charge in [-0.15, -0.1) is 0 Å². The molecule has 0 aliphatic heterocycles. The molecule has 0 aromatic heterocycles. The first kappa shape index (κ1) is 22.3. The van der Waals surface area contributed by atoms with Crippen LogP contribution < -0.4 is 0 Å². The molecule has 0 rings (SSSR count). The molecule has 4 heteroatoms. The van der Waals surface area contributed by atoms with E-state index in [1.165, 1.54) is 0 Å². The Kier molecular flexibility index (Phi) is 9.70. The van der Waals surface area contributed by atoms with Crippen molar-refractivity contribution in [1.29, 1.82) is 0 Å². The molecule has 0 saturated heterocycles. The molecule has 0 N–H and O–H groups in total. The van der Waals surface area contributed by atoms with Gasteiger partial charge in [-0.2, -0.15) is 0 Å². The molecule has 0 aliphatic carbocycles. The maximum Gasteiger partial charge on any atom is 0.922 e. The minimum absolute atomic E-state index is 0.422. The van der Waals surface area contributed by atoms with Crippen LogP contribution in [-0.2, 0) is 12.5 Å². The molecular weight excluding hydrogens is 295 g/mol. The fourth-order valence-electron chi connectivity index (χ4n) is 2.96. The summed E-state index contributed by atoms with van der Waals surface area (Å²) in [5.41, 5.74) is 0. The van der Waals surface area contributed by atoms with Crippen molar-refractivity contribution in [2.75, 3.05) is 0 Å². The van der Waals surface area contributed by atoms with Crippen molar-refractivity contribution in [3.63, 3.8) is 0 Å². The van der Waals surface area contributed by atoms with Crippen LogP contribution >= 0.6 is 8.60 Å². The predicted molar refractivity (Wildman–Crippen MR) is 101 cm³/mol. The van der Waals surface area contributed by atoms with Gasteiger partial charge in [-0.3, -0.25) is 12.5 Å². The topological polar surface area (TPSA) is 8.10 Å². The highest BCUT2D eigenvalue weighted by Gasteiger charge is 2.65. The van der Waals surface area contributed by atoms with E-state index < -0.39 is 8.60 Å².